The third kappa shape index (κ3) is 8.31. The fourth-order valence-electron chi connectivity index (χ4n) is 0.565. The lowest BCUT2D eigenvalue weighted by Gasteiger charge is -2.04. The van der Waals surface area contributed by atoms with Gasteiger partial charge in [0.2, 0.25) is 0 Å². The number of hydrogen-bond acceptors (Lipinski definition) is 2. The van der Waals surface area contributed by atoms with Gasteiger partial charge in [-0.05, 0) is 18.7 Å². The topological polar surface area (TPSA) is 12.0 Å². The molecule has 0 bridgehead atoms. The molecule has 56 valence electrons. The molecule has 0 spiro atoms. The van der Waals surface area contributed by atoms with Gasteiger partial charge in [0, 0.05) is 12.3 Å². The van der Waals surface area contributed by atoms with Crippen LogP contribution in [0.5, 0.6) is 0 Å². The Kier molecular flexibility index (Phi) is 6.65. The largest absolute Gasteiger partial charge is 0.316 e. The summed E-state index contributed by atoms with van der Waals surface area (Å²) in [4.78, 5) is 0. The van der Waals surface area contributed by atoms with Gasteiger partial charge in [0.05, 0.1) is 0 Å². The number of thioether (sulfide) groups is 1. The van der Waals surface area contributed by atoms with Gasteiger partial charge >= 0.3 is 0 Å². The molecule has 2 heteroatoms. The van der Waals surface area contributed by atoms with E-state index in [0.29, 0.717) is 0 Å². The zero-order chi connectivity index (χ0) is 7.11. The lowest BCUT2D eigenvalue weighted by atomic mass is 10.2. The average molecular weight is 147 g/mol. The van der Waals surface area contributed by atoms with Crippen LogP contribution >= 0.6 is 11.8 Å². The highest BCUT2D eigenvalue weighted by Gasteiger charge is 1.90. The maximum Gasteiger partial charge on any atom is 0.00553 e. The van der Waals surface area contributed by atoms with E-state index in [1.807, 2.05) is 11.8 Å². The Morgan fingerprint density at radius 2 is 2.11 bits per heavy atom. The molecule has 0 aromatic rings. The quantitative estimate of drug-likeness (QED) is 0.593. The molecule has 0 aliphatic heterocycles. The van der Waals surface area contributed by atoms with Crippen molar-refractivity contribution in [2.45, 2.75) is 13.8 Å². The Labute approximate surface area is 62.6 Å². The molecule has 1 nitrogen and oxygen atoms in total. The lowest BCUT2D eigenvalue weighted by molar-refractivity contribution is 0.568. The van der Waals surface area contributed by atoms with Gasteiger partial charge in [0.15, 0.2) is 0 Å². The molecular formula is C7H17NS. The van der Waals surface area contributed by atoms with Crippen molar-refractivity contribution in [3.63, 3.8) is 0 Å². The highest BCUT2D eigenvalue weighted by molar-refractivity contribution is 7.98. The van der Waals surface area contributed by atoms with Crippen molar-refractivity contribution >= 4 is 11.8 Å². The Hall–Kier alpha value is 0.310. The summed E-state index contributed by atoms with van der Waals surface area (Å²) >= 11 is 1.89. The first-order valence-corrected chi connectivity index (χ1v) is 4.86. The average Bonchev–Trinajstić information content (AvgIpc) is 1.80. The van der Waals surface area contributed by atoms with Gasteiger partial charge in [-0.25, -0.2) is 0 Å². The van der Waals surface area contributed by atoms with Gasteiger partial charge in [-0.15, -0.1) is 0 Å². The summed E-state index contributed by atoms with van der Waals surface area (Å²) in [6.07, 6.45) is 2.14. The highest BCUT2D eigenvalue weighted by Crippen LogP contribution is 1.89. The number of hydrogen-bond donors (Lipinski definition) is 1. The molecule has 0 saturated heterocycles. The van der Waals surface area contributed by atoms with Crippen LogP contribution in [0.25, 0.3) is 0 Å². The standard InChI is InChI=1S/C7H17NS/c1-7(2)6-8-4-5-9-3/h7-8H,4-6H2,1-3H3. The molecule has 0 heterocycles. The third-order valence-corrected chi connectivity index (χ3v) is 1.65. The Balaban J connectivity index is 2.75. The van der Waals surface area contributed by atoms with Crippen molar-refractivity contribution in [2.75, 3.05) is 25.1 Å². The normalized spacial score (nSPS) is 10.7. The minimum absolute atomic E-state index is 0.784. The van der Waals surface area contributed by atoms with Crippen LogP contribution in [0.15, 0.2) is 0 Å². The lowest BCUT2D eigenvalue weighted by Crippen LogP contribution is -2.21. The van der Waals surface area contributed by atoms with Crippen molar-refractivity contribution in [1.82, 2.24) is 5.32 Å². The minimum Gasteiger partial charge on any atom is -0.316 e. The molecule has 0 unspecified atom stereocenters. The second-order valence-corrected chi connectivity index (χ2v) is 3.58. The second-order valence-electron chi connectivity index (χ2n) is 2.59. The Morgan fingerprint density at radius 3 is 2.56 bits per heavy atom. The Morgan fingerprint density at radius 1 is 1.44 bits per heavy atom. The summed E-state index contributed by atoms with van der Waals surface area (Å²) in [6, 6.07) is 0. The van der Waals surface area contributed by atoms with Gasteiger partial charge in [0.25, 0.3) is 0 Å². The van der Waals surface area contributed by atoms with E-state index < -0.39 is 0 Å². The molecule has 9 heavy (non-hydrogen) atoms. The minimum atomic E-state index is 0.784. The summed E-state index contributed by atoms with van der Waals surface area (Å²) in [5, 5.41) is 3.36. The maximum absolute atomic E-state index is 3.36. The van der Waals surface area contributed by atoms with E-state index in [1.54, 1.807) is 0 Å². The summed E-state index contributed by atoms with van der Waals surface area (Å²) in [6.45, 7) is 6.76. The van der Waals surface area contributed by atoms with E-state index in [9.17, 15) is 0 Å². The molecule has 0 rings (SSSR count). The van der Waals surface area contributed by atoms with Crippen molar-refractivity contribution < 1.29 is 0 Å². The van der Waals surface area contributed by atoms with Gasteiger partial charge in [-0.3, -0.25) is 0 Å². The summed E-state index contributed by atoms with van der Waals surface area (Å²) in [5.74, 6) is 2.01. The van der Waals surface area contributed by atoms with Crippen molar-refractivity contribution in [1.29, 1.82) is 0 Å². The van der Waals surface area contributed by atoms with Crippen molar-refractivity contribution in [3.05, 3.63) is 0 Å². The van der Waals surface area contributed by atoms with E-state index in [1.165, 1.54) is 5.75 Å². The van der Waals surface area contributed by atoms with Gasteiger partial charge in [-0.1, -0.05) is 13.8 Å². The van der Waals surface area contributed by atoms with Crippen LogP contribution in [0.1, 0.15) is 13.8 Å². The van der Waals surface area contributed by atoms with Gasteiger partial charge in [0.1, 0.15) is 0 Å². The highest BCUT2D eigenvalue weighted by atomic mass is 32.2. The molecule has 0 aromatic carbocycles. The van der Waals surface area contributed by atoms with Crippen LogP contribution < -0.4 is 5.32 Å². The SMILES string of the molecule is CSCCNCC(C)C. The van der Waals surface area contributed by atoms with Crippen molar-refractivity contribution in [2.24, 2.45) is 5.92 Å². The van der Waals surface area contributed by atoms with Crippen LogP contribution in [0, 0.1) is 5.92 Å². The fourth-order valence-corrected chi connectivity index (χ4v) is 0.913. The Bertz CT molecular complexity index is 54.9. The van der Waals surface area contributed by atoms with Crippen molar-refractivity contribution in [3.8, 4) is 0 Å². The van der Waals surface area contributed by atoms with Crippen LogP contribution in [-0.2, 0) is 0 Å². The number of nitrogens with one attached hydrogen (secondary N) is 1. The van der Waals surface area contributed by atoms with E-state index in [-0.39, 0.29) is 0 Å². The molecule has 0 aromatic heterocycles. The van der Waals surface area contributed by atoms with Crippen LogP contribution in [0.3, 0.4) is 0 Å². The zero-order valence-corrected chi connectivity index (χ0v) is 7.42. The molecule has 0 radical (unpaired) electrons. The second kappa shape index (κ2) is 6.43. The predicted octanol–water partition coefficient (Wildman–Crippen LogP) is 1.59. The van der Waals surface area contributed by atoms with Crippen LogP contribution in [0.4, 0.5) is 0 Å². The molecular weight excluding hydrogens is 130 g/mol. The number of rotatable bonds is 5. The maximum atomic E-state index is 3.36. The van der Waals surface area contributed by atoms with Crippen LogP contribution in [0.2, 0.25) is 0 Å². The summed E-state index contributed by atoms with van der Waals surface area (Å²) in [7, 11) is 0. The molecule has 0 atom stereocenters. The third-order valence-electron chi connectivity index (χ3n) is 1.04. The van der Waals surface area contributed by atoms with Crippen LogP contribution in [-0.4, -0.2) is 25.1 Å². The van der Waals surface area contributed by atoms with E-state index >= 15 is 0 Å². The first kappa shape index (κ1) is 9.31. The molecule has 0 fully saturated rings. The first-order valence-electron chi connectivity index (χ1n) is 3.47. The van der Waals surface area contributed by atoms with E-state index in [2.05, 4.69) is 25.4 Å². The molecule has 1 N–H and O–H groups in total. The van der Waals surface area contributed by atoms with Gasteiger partial charge in [-0.2, -0.15) is 11.8 Å². The smallest absolute Gasteiger partial charge is 0.00553 e. The summed E-state index contributed by atoms with van der Waals surface area (Å²) < 4.78 is 0. The monoisotopic (exact) mass is 147 g/mol. The summed E-state index contributed by atoms with van der Waals surface area (Å²) in [5.41, 5.74) is 0. The predicted molar refractivity (Wildman–Crippen MR) is 46.1 cm³/mol. The fraction of sp³-hybridized carbons (Fsp3) is 1.00. The molecule has 0 amide bonds. The zero-order valence-electron chi connectivity index (χ0n) is 6.61. The van der Waals surface area contributed by atoms with E-state index in [4.69, 9.17) is 0 Å². The first-order chi connectivity index (χ1) is 4.27. The molecule has 0 aliphatic carbocycles. The van der Waals surface area contributed by atoms with Gasteiger partial charge < -0.3 is 5.32 Å². The van der Waals surface area contributed by atoms with E-state index in [0.717, 1.165) is 19.0 Å². The molecule has 0 saturated carbocycles. The molecule has 0 aliphatic rings.